The van der Waals surface area contributed by atoms with E-state index in [1.165, 1.54) is 6.07 Å². The molecule has 68 valence electrons. The van der Waals surface area contributed by atoms with Crippen LogP contribution in [0.3, 0.4) is 0 Å². The number of nitrogens with zero attached hydrogens (tertiary/aromatic N) is 1. The number of halogens is 1. The molecule has 2 rings (SSSR count). The van der Waals surface area contributed by atoms with Crippen molar-refractivity contribution >= 4 is 5.71 Å². The summed E-state index contributed by atoms with van der Waals surface area (Å²) >= 11 is 0. The van der Waals surface area contributed by atoms with E-state index in [0.717, 1.165) is 30.7 Å². The Morgan fingerprint density at radius 1 is 1.38 bits per heavy atom. The zero-order valence-corrected chi connectivity index (χ0v) is 7.68. The minimum atomic E-state index is -0.137. The lowest BCUT2D eigenvalue weighted by molar-refractivity contribution is 0.618. The van der Waals surface area contributed by atoms with E-state index in [0.29, 0.717) is 5.56 Å². The van der Waals surface area contributed by atoms with E-state index in [2.05, 4.69) is 4.99 Å². The molecule has 0 aliphatic carbocycles. The average molecular weight is 177 g/mol. The molecule has 1 nitrogen and oxygen atoms in total. The fraction of sp³-hybridized carbons (Fsp3) is 0.364. The Balaban J connectivity index is 2.36. The molecule has 2 heteroatoms. The lowest BCUT2D eigenvalue weighted by Gasteiger charge is -2.02. The van der Waals surface area contributed by atoms with Gasteiger partial charge in [-0.2, -0.15) is 0 Å². The van der Waals surface area contributed by atoms with E-state index >= 15 is 0 Å². The van der Waals surface area contributed by atoms with E-state index in [1.54, 1.807) is 6.92 Å². The maximum absolute atomic E-state index is 12.9. The van der Waals surface area contributed by atoms with Gasteiger partial charge < -0.3 is 0 Å². The molecule has 0 saturated carbocycles. The third-order valence-corrected chi connectivity index (χ3v) is 2.37. The quantitative estimate of drug-likeness (QED) is 0.625. The molecule has 1 aliphatic rings. The van der Waals surface area contributed by atoms with Gasteiger partial charge in [-0.3, -0.25) is 4.99 Å². The van der Waals surface area contributed by atoms with Gasteiger partial charge in [-0.05, 0) is 43.0 Å². The summed E-state index contributed by atoms with van der Waals surface area (Å²) in [6.45, 7) is 2.71. The second-order valence-electron chi connectivity index (χ2n) is 3.40. The van der Waals surface area contributed by atoms with E-state index in [4.69, 9.17) is 0 Å². The largest absolute Gasteiger partial charge is 0.289 e. The van der Waals surface area contributed by atoms with Crippen LogP contribution >= 0.6 is 0 Å². The van der Waals surface area contributed by atoms with Crippen LogP contribution in [0, 0.1) is 12.7 Å². The van der Waals surface area contributed by atoms with Crippen molar-refractivity contribution in [3.8, 4) is 0 Å². The van der Waals surface area contributed by atoms with Crippen LogP contribution in [-0.4, -0.2) is 12.3 Å². The van der Waals surface area contributed by atoms with Gasteiger partial charge in [0.15, 0.2) is 0 Å². The SMILES string of the molecule is Cc1cc(C2=NCCC2)ccc1F. The fourth-order valence-electron chi connectivity index (χ4n) is 1.60. The second-order valence-corrected chi connectivity index (χ2v) is 3.40. The van der Waals surface area contributed by atoms with Crippen LogP contribution in [-0.2, 0) is 0 Å². The molecule has 0 aromatic heterocycles. The Morgan fingerprint density at radius 3 is 2.85 bits per heavy atom. The zero-order chi connectivity index (χ0) is 9.26. The van der Waals surface area contributed by atoms with Crippen molar-refractivity contribution in [1.82, 2.24) is 0 Å². The van der Waals surface area contributed by atoms with Crippen LogP contribution < -0.4 is 0 Å². The molecule has 0 radical (unpaired) electrons. The molecule has 1 aromatic rings. The van der Waals surface area contributed by atoms with E-state index < -0.39 is 0 Å². The Bertz CT molecular complexity index is 355. The number of benzene rings is 1. The third kappa shape index (κ3) is 1.62. The second kappa shape index (κ2) is 3.29. The summed E-state index contributed by atoms with van der Waals surface area (Å²) in [7, 11) is 0. The third-order valence-electron chi connectivity index (χ3n) is 2.37. The van der Waals surface area contributed by atoms with Gasteiger partial charge in [0.1, 0.15) is 5.82 Å². The molecule has 0 amide bonds. The van der Waals surface area contributed by atoms with Crippen LogP contribution in [0.5, 0.6) is 0 Å². The molecule has 1 heterocycles. The maximum atomic E-state index is 12.9. The summed E-state index contributed by atoms with van der Waals surface area (Å²) in [4.78, 5) is 4.37. The highest BCUT2D eigenvalue weighted by Gasteiger charge is 2.09. The number of rotatable bonds is 1. The van der Waals surface area contributed by atoms with Gasteiger partial charge >= 0.3 is 0 Å². The highest BCUT2D eigenvalue weighted by molar-refractivity contribution is 6.01. The van der Waals surface area contributed by atoms with E-state index in [9.17, 15) is 4.39 Å². The first-order valence-electron chi connectivity index (χ1n) is 4.57. The molecule has 0 bridgehead atoms. The minimum Gasteiger partial charge on any atom is -0.289 e. The van der Waals surface area contributed by atoms with Crippen molar-refractivity contribution in [1.29, 1.82) is 0 Å². The molecule has 13 heavy (non-hydrogen) atoms. The molecule has 0 spiro atoms. The van der Waals surface area contributed by atoms with Gasteiger partial charge in [-0.25, -0.2) is 4.39 Å². The lowest BCUT2D eigenvalue weighted by atomic mass is 10.1. The molecule has 1 aliphatic heterocycles. The first-order chi connectivity index (χ1) is 6.27. The van der Waals surface area contributed by atoms with Crippen LogP contribution in [0.4, 0.5) is 4.39 Å². The van der Waals surface area contributed by atoms with Crippen LogP contribution in [0.1, 0.15) is 24.0 Å². The van der Waals surface area contributed by atoms with Gasteiger partial charge in [0.2, 0.25) is 0 Å². The Hall–Kier alpha value is -1.18. The summed E-state index contributed by atoms with van der Waals surface area (Å²) < 4.78 is 12.9. The normalized spacial score (nSPS) is 16.0. The van der Waals surface area contributed by atoms with Gasteiger partial charge in [0.25, 0.3) is 0 Å². The van der Waals surface area contributed by atoms with E-state index in [1.807, 2.05) is 12.1 Å². The Kier molecular flexibility index (Phi) is 2.13. The number of hydrogen-bond donors (Lipinski definition) is 0. The number of aryl methyl sites for hydroxylation is 1. The molecular formula is C11H12FN. The molecule has 0 N–H and O–H groups in total. The summed E-state index contributed by atoms with van der Waals surface area (Å²) in [5.41, 5.74) is 2.91. The van der Waals surface area contributed by atoms with Crippen molar-refractivity contribution in [2.75, 3.05) is 6.54 Å². The minimum absolute atomic E-state index is 0.137. The van der Waals surface area contributed by atoms with Gasteiger partial charge in [-0.1, -0.05) is 6.07 Å². The molecule has 0 fully saturated rings. The smallest absolute Gasteiger partial charge is 0.126 e. The average Bonchev–Trinajstić information content (AvgIpc) is 2.62. The molecule has 0 saturated heterocycles. The molecule has 0 unspecified atom stereocenters. The first-order valence-corrected chi connectivity index (χ1v) is 4.57. The van der Waals surface area contributed by atoms with Gasteiger partial charge in [0, 0.05) is 12.3 Å². The Morgan fingerprint density at radius 2 is 2.23 bits per heavy atom. The summed E-state index contributed by atoms with van der Waals surface area (Å²) in [5.74, 6) is -0.137. The number of aliphatic imine (C=N–C) groups is 1. The summed E-state index contributed by atoms with van der Waals surface area (Å²) in [5, 5.41) is 0. The van der Waals surface area contributed by atoms with Crippen LogP contribution in [0.2, 0.25) is 0 Å². The Labute approximate surface area is 77.3 Å². The van der Waals surface area contributed by atoms with Crippen LogP contribution in [0.25, 0.3) is 0 Å². The summed E-state index contributed by atoms with van der Waals surface area (Å²) in [6.07, 6.45) is 2.16. The fourth-order valence-corrected chi connectivity index (χ4v) is 1.60. The van der Waals surface area contributed by atoms with Crippen molar-refractivity contribution in [3.05, 3.63) is 35.1 Å². The monoisotopic (exact) mass is 177 g/mol. The van der Waals surface area contributed by atoms with E-state index in [-0.39, 0.29) is 5.82 Å². The first kappa shape index (κ1) is 8.42. The highest BCUT2D eigenvalue weighted by atomic mass is 19.1. The highest BCUT2D eigenvalue weighted by Crippen LogP contribution is 2.15. The van der Waals surface area contributed by atoms with Gasteiger partial charge in [0.05, 0.1) is 0 Å². The molecule has 0 atom stereocenters. The van der Waals surface area contributed by atoms with Crippen molar-refractivity contribution in [2.24, 2.45) is 4.99 Å². The predicted molar refractivity (Wildman–Crippen MR) is 51.8 cm³/mol. The predicted octanol–water partition coefficient (Wildman–Crippen LogP) is 2.72. The maximum Gasteiger partial charge on any atom is 0.126 e. The van der Waals surface area contributed by atoms with Gasteiger partial charge in [-0.15, -0.1) is 0 Å². The van der Waals surface area contributed by atoms with Crippen molar-refractivity contribution in [2.45, 2.75) is 19.8 Å². The van der Waals surface area contributed by atoms with Crippen molar-refractivity contribution in [3.63, 3.8) is 0 Å². The van der Waals surface area contributed by atoms with Crippen molar-refractivity contribution < 1.29 is 4.39 Å². The molecular weight excluding hydrogens is 165 g/mol. The zero-order valence-electron chi connectivity index (χ0n) is 7.68. The number of hydrogen-bond acceptors (Lipinski definition) is 1. The molecule has 1 aromatic carbocycles. The summed E-state index contributed by atoms with van der Waals surface area (Å²) in [6, 6.07) is 5.21. The topological polar surface area (TPSA) is 12.4 Å². The standard InChI is InChI=1S/C11H12FN/c1-8-7-9(4-5-10(8)12)11-3-2-6-13-11/h4-5,7H,2-3,6H2,1H3. The lowest BCUT2D eigenvalue weighted by Crippen LogP contribution is -1.97. The van der Waals surface area contributed by atoms with Crippen LogP contribution in [0.15, 0.2) is 23.2 Å².